The minimum Gasteiger partial charge on any atom is -0.352 e. The number of benzene rings is 1. The summed E-state index contributed by atoms with van der Waals surface area (Å²) in [6, 6.07) is 8.30. The van der Waals surface area contributed by atoms with Gasteiger partial charge in [0.05, 0.1) is 0 Å². The Morgan fingerprint density at radius 1 is 1.20 bits per heavy atom. The standard InChI is InChI=1S/C21H33NOS2/c1-5-7-8-16-24-25-21(3,4)15-14-20(23)22-17-19-12-10-18(9-6-2)11-13-19/h6,9-13H,5,7-8,14-17H2,1-4H3,(H,22,23). The molecule has 0 aliphatic rings. The van der Waals surface area contributed by atoms with Crippen LogP contribution in [0.4, 0.5) is 0 Å². The van der Waals surface area contributed by atoms with Gasteiger partial charge >= 0.3 is 0 Å². The molecule has 0 aliphatic heterocycles. The molecule has 0 unspecified atom stereocenters. The van der Waals surface area contributed by atoms with Gasteiger partial charge in [0.25, 0.3) is 0 Å². The van der Waals surface area contributed by atoms with Gasteiger partial charge in [0.1, 0.15) is 0 Å². The van der Waals surface area contributed by atoms with E-state index < -0.39 is 0 Å². The molecule has 0 fully saturated rings. The molecule has 0 bridgehead atoms. The maximum absolute atomic E-state index is 12.1. The molecule has 0 saturated heterocycles. The van der Waals surface area contributed by atoms with E-state index in [1.807, 2.05) is 34.6 Å². The monoisotopic (exact) mass is 379 g/mol. The molecule has 1 amide bonds. The summed E-state index contributed by atoms with van der Waals surface area (Å²) in [4.78, 5) is 12.1. The van der Waals surface area contributed by atoms with E-state index in [1.165, 1.54) is 30.6 Å². The number of rotatable bonds is 12. The average molecular weight is 380 g/mol. The summed E-state index contributed by atoms with van der Waals surface area (Å²) >= 11 is 0. The molecule has 25 heavy (non-hydrogen) atoms. The van der Waals surface area contributed by atoms with Crippen LogP contribution in [0.25, 0.3) is 6.08 Å². The number of unbranched alkanes of at least 4 members (excludes halogenated alkanes) is 2. The highest BCUT2D eigenvalue weighted by Gasteiger charge is 2.20. The average Bonchev–Trinajstić information content (AvgIpc) is 2.59. The Morgan fingerprint density at radius 3 is 2.56 bits per heavy atom. The quantitative estimate of drug-likeness (QED) is 0.333. The first-order chi connectivity index (χ1) is 12.0. The molecule has 0 heterocycles. The van der Waals surface area contributed by atoms with Crippen molar-refractivity contribution in [1.82, 2.24) is 5.32 Å². The fraction of sp³-hybridized carbons (Fsp3) is 0.571. The van der Waals surface area contributed by atoms with E-state index in [-0.39, 0.29) is 10.7 Å². The summed E-state index contributed by atoms with van der Waals surface area (Å²) in [5.74, 6) is 1.35. The second-order valence-corrected chi connectivity index (χ2v) is 10.0. The van der Waals surface area contributed by atoms with Gasteiger partial charge in [-0.15, -0.1) is 0 Å². The third-order valence-electron chi connectivity index (χ3n) is 3.90. The second kappa shape index (κ2) is 12.5. The summed E-state index contributed by atoms with van der Waals surface area (Å²) < 4.78 is 0.141. The van der Waals surface area contributed by atoms with Crippen LogP contribution < -0.4 is 5.32 Å². The molecule has 0 atom stereocenters. The summed E-state index contributed by atoms with van der Waals surface area (Å²) in [5.41, 5.74) is 2.33. The van der Waals surface area contributed by atoms with Crippen LogP contribution in [-0.2, 0) is 11.3 Å². The highest BCUT2D eigenvalue weighted by Crippen LogP contribution is 2.39. The molecule has 1 rings (SSSR count). The van der Waals surface area contributed by atoms with Crippen molar-refractivity contribution in [1.29, 1.82) is 0 Å². The molecule has 1 N–H and O–H groups in total. The van der Waals surface area contributed by atoms with Gasteiger partial charge in [-0.05, 0) is 44.7 Å². The zero-order valence-corrected chi connectivity index (χ0v) is 17.8. The molecule has 1 aromatic carbocycles. The van der Waals surface area contributed by atoms with Crippen LogP contribution in [0.2, 0.25) is 0 Å². The van der Waals surface area contributed by atoms with Crippen LogP contribution in [0, 0.1) is 0 Å². The Morgan fingerprint density at radius 2 is 1.92 bits per heavy atom. The van der Waals surface area contributed by atoms with Crippen molar-refractivity contribution in [2.75, 3.05) is 5.75 Å². The van der Waals surface area contributed by atoms with E-state index in [9.17, 15) is 4.79 Å². The van der Waals surface area contributed by atoms with Crippen LogP contribution in [0.5, 0.6) is 0 Å². The molecule has 4 heteroatoms. The molecule has 0 radical (unpaired) electrons. The fourth-order valence-electron chi connectivity index (χ4n) is 2.30. The van der Waals surface area contributed by atoms with E-state index in [2.05, 4.69) is 56.4 Å². The SMILES string of the molecule is CC=Cc1ccc(CNC(=O)CCC(C)(C)SSCCCCC)cc1. The zero-order valence-electron chi connectivity index (χ0n) is 16.1. The van der Waals surface area contributed by atoms with Crippen LogP contribution in [-0.4, -0.2) is 16.4 Å². The molecular weight excluding hydrogens is 346 g/mol. The Labute approximate surface area is 162 Å². The lowest BCUT2D eigenvalue weighted by atomic mass is 10.1. The van der Waals surface area contributed by atoms with Crippen molar-refractivity contribution in [3.8, 4) is 0 Å². The Bertz CT molecular complexity index is 523. The smallest absolute Gasteiger partial charge is 0.220 e. The predicted octanol–water partition coefficient (Wildman–Crippen LogP) is 6.47. The van der Waals surface area contributed by atoms with Crippen molar-refractivity contribution < 1.29 is 4.79 Å². The van der Waals surface area contributed by atoms with Crippen molar-refractivity contribution in [3.05, 3.63) is 41.5 Å². The van der Waals surface area contributed by atoms with Gasteiger partial charge in [-0.2, -0.15) is 0 Å². The van der Waals surface area contributed by atoms with Crippen LogP contribution in [0.3, 0.4) is 0 Å². The molecule has 1 aromatic rings. The summed E-state index contributed by atoms with van der Waals surface area (Å²) in [6.45, 7) is 9.32. The largest absolute Gasteiger partial charge is 0.352 e. The van der Waals surface area contributed by atoms with Crippen molar-refractivity contribution >= 4 is 33.6 Å². The van der Waals surface area contributed by atoms with E-state index in [1.54, 1.807) is 0 Å². The topological polar surface area (TPSA) is 29.1 Å². The number of amides is 1. The van der Waals surface area contributed by atoms with Crippen molar-refractivity contribution in [2.24, 2.45) is 0 Å². The third kappa shape index (κ3) is 10.7. The second-order valence-electron chi connectivity index (χ2n) is 6.89. The Hall–Kier alpha value is -0.870. The minimum atomic E-state index is 0.141. The van der Waals surface area contributed by atoms with Gasteiger partial charge in [-0.3, -0.25) is 4.79 Å². The first-order valence-corrected chi connectivity index (χ1v) is 11.6. The van der Waals surface area contributed by atoms with Gasteiger partial charge in [0.15, 0.2) is 0 Å². The molecule has 0 saturated carbocycles. The number of hydrogen-bond acceptors (Lipinski definition) is 3. The third-order valence-corrected chi connectivity index (χ3v) is 7.33. The lowest BCUT2D eigenvalue weighted by Gasteiger charge is -2.22. The predicted molar refractivity (Wildman–Crippen MR) is 116 cm³/mol. The number of allylic oxidation sites excluding steroid dienone is 1. The van der Waals surface area contributed by atoms with Crippen LogP contribution in [0.1, 0.15) is 70.9 Å². The maximum atomic E-state index is 12.1. The maximum Gasteiger partial charge on any atom is 0.220 e. The Balaban J connectivity index is 2.24. The highest BCUT2D eigenvalue weighted by molar-refractivity contribution is 8.77. The van der Waals surface area contributed by atoms with Gasteiger partial charge in [-0.1, -0.05) is 77.8 Å². The lowest BCUT2D eigenvalue weighted by molar-refractivity contribution is -0.121. The van der Waals surface area contributed by atoms with E-state index in [4.69, 9.17) is 0 Å². The number of nitrogens with one attached hydrogen (secondary N) is 1. The van der Waals surface area contributed by atoms with Crippen molar-refractivity contribution in [2.45, 2.75) is 71.1 Å². The molecule has 0 spiro atoms. The van der Waals surface area contributed by atoms with Crippen LogP contribution in [0.15, 0.2) is 30.3 Å². The molecular formula is C21H33NOS2. The minimum absolute atomic E-state index is 0.141. The zero-order chi connectivity index (χ0) is 18.5. The van der Waals surface area contributed by atoms with E-state index >= 15 is 0 Å². The summed E-state index contributed by atoms with van der Waals surface area (Å²) in [5, 5.41) is 3.03. The van der Waals surface area contributed by atoms with Gasteiger partial charge in [0.2, 0.25) is 5.91 Å². The molecule has 0 aliphatic carbocycles. The van der Waals surface area contributed by atoms with E-state index in [0.29, 0.717) is 13.0 Å². The van der Waals surface area contributed by atoms with Gasteiger partial charge < -0.3 is 5.32 Å². The van der Waals surface area contributed by atoms with E-state index in [0.717, 1.165) is 12.0 Å². The normalized spacial score (nSPS) is 11.8. The van der Waals surface area contributed by atoms with Crippen molar-refractivity contribution in [3.63, 3.8) is 0 Å². The molecule has 140 valence electrons. The number of carbonyl (C=O) groups is 1. The summed E-state index contributed by atoms with van der Waals surface area (Å²) in [6.07, 6.45) is 9.47. The number of carbonyl (C=O) groups excluding carboxylic acids is 1. The molecule has 2 nitrogen and oxygen atoms in total. The Kier molecular flexibility index (Phi) is 11.1. The fourth-order valence-corrected chi connectivity index (χ4v) is 5.02. The first kappa shape index (κ1) is 22.2. The number of hydrogen-bond donors (Lipinski definition) is 1. The van der Waals surface area contributed by atoms with Crippen LogP contribution >= 0.6 is 21.6 Å². The summed E-state index contributed by atoms with van der Waals surface area (Å²) in [7, 11) is 3.87. The first-order valence-electron chi connectivity index (χ1n) is 9.26. The van der Waals surface area contributed by atoms with Gasteiger partial charge in [0, 0.05) is 23.5 Å². The van der Waals surface area contributed by atoms with Gasteiger partial charge in [-0.25, -0.2) is 0 Å². The highest BCUT2D eigenvalue weighted by atomic mass is 33.1. The molecule has 0 aromatic heterocycles. The lowest BCUT2D eigenvalue weighted by Crippen LogP contribution is -2.25.